The Hall–Kier alpha value is -0.610. The molecule has 1 heterocycles. The summed E-state index contributed by atoms with van der Waals surface area (Å²) in [5.41, 5.74) is 5.55. The number of nitrogens with two attached hydrogens (primary N) is 1. The van der Waals surface area contributed by atoms with Gasteiger partial charge in [-0.15, -0.1) is 0 Å². The minimum absolute atomic E-state index is 0.108. The van der Waals surface area contributed by atoms with Crippen LogP contribution in [-0.4, -0.2) is 32.3 Å². The summed E-state index contributed by atoms with van der Waals surface area (Å²) in [6, 6.07) is 0. The number of esters is 1. The van der Waals surface area contributed by atoms with Crippen molar-refractivity contribution in [2.75, 3.05) is 26.4 Å². The van der Waals surface area contributed by atoms with Gasteiger partial charge in [0.15, 0.2) is 0 Å². The Morgan fingerprint density at radius 2 is 2.19 bits per heavy atom. The molecule has 0 bridgehead atoms. The number of ether oxygens (including phenoxy) is 2. The van der Waals surface area contributed by atoms with Crippen LogP contribution >= 0.6 is 0 Å². The van der Waals surface area contributed by atoms with Gasteiger partial charge in [-0.2, -0.15) is 0 Å². The van der Waals surface area contributed by atoms with Gasteiger partial charge >= 0.3 is 5.97 Å². The van der Waals surface area contributed by atoms with E-state index in [1.54, 1.807) is 0 Å². The zero-order chi connectivity index (χ0) is 11.8. The van der Waals surface area contributed by atoms with E-state index in [2.05, 4.69) is 0 Å². The number of rotatable bonds is 6. The van der Waals surface area contributed by atoms with Gasteiger partial charge in [0.05, 0.1) is 6.61 Å². The minimum Gasteiger partial charge on any atom is -0.465 e. The Labute approximate surface area is 97.5 Å². The summed E-state index contributed by atoms with van der Waals surface area (Å²) in [6.07, 6.45) is 3.39. The van der Waals surface area contributed by atoms with E-state index in [1.807, 2.05) is 6.92 Å². The van der Waals surface area contributed by atoms with Crippen LogP contribution in [0.2, 0.25) is 0 Å². The number of carbonyl (C=O) groups excluding carboxylic acids is 1. The van der Waals surface area contributed by atoms with Crippen LogP contribution in [0.3, 0.4) is 0 Å². The molecule has 1 aliphatic rings. The fourth-order valence-electron chi connectivity index (χ4n) is 1.81. The lowest BCUT2D eigenvalue weighted by molar-refractivity contribution is -0.147. The molecule has 0 aromatic heterocycles. The van der Waals surface area contributed by atoms with Crippen molar-refractivity contribution in [2.24, 2.45) is 17.6 Å². The summed E-state index contributed by atoms with van der Waals surface area (Å²) < 4.78 is 10.5. The molecule has 0 amide bonds. The predicted octanol–water partition coefficient (Wildman–Crippen LogP) is 1.33. The van der Waals surface area contributed by atoms with Gasteiger partial charge in [-0.25, -0.2) is 0 Å². The van der Waals surface area contributed by atoms with E-state index in [-0.39, 0.29) is 11.9 Å². The molecule has 1 atom stereocenters. The van der Waals surface area contributed by atoms with Crippen molar-refractivity contribution in [2.45, 2.75) is 32.6 Å². The van der Waals surface area contributed by atoms with E-state index in [9.17, 15) is 4.79 Å². The highest BCUT2D eigenvalue weighted by Gasteiger charge is 2.17. The fourth-order valence-corrected chi connectivity index (χ4v) is 1.81. The summed E-state index contributed by atoms with van der Waals surface area (Å²) in [6.45, 7) is 4.74. The highest BCUT2D eigenvalue weighted by Crippen LogP contribution is 2.15. The van der Waals surface area contributed by atoms with E-state index < -0.39 is 0 Å². The molecule has 1 aliphatic heterocycles. The fraction of sp³-hybridized carbons (Fsp3) is 0.917. The predicted molar refractivity (Wildman–Crippen MR) is 62.0 cm³/mol. The summed E-state index contributed by atoms with van der Waals surface area (Å²) in [5.74, 6) is 0.640. The Bertz CT molecular complexity index is 198. The molecule has 0 aromatic carbocycles. The Kier molecular flexibility index (Phi) is 6.42. The smallest absolute Gasteiger partial charge is 0.306 e. The molecule has 0 aromatic rings. The van der Waals surface area contributed by atoms with E-state index in [1.165, 1.54) is 0 Å². The molecule has 1 saturated heterocycles. The topological polar surface area (TPSA) is 61.6 Å². The maximum Gasteiger partial charge on any atom is 0.306 e. The molecule has 1 unspecified atom stereocenters. The maximum atomic E-state index is 11.5. The van der Waals surface area contributed by atoms with E-state index in [0.29, 0.717) is 25.5 Å². The van der Waals surface area contributed by atoms with E-state index in [4.69, 9.17) is 15.2 Å². The molecular weight excluding hydrogens is 206 g/mol. The molecule has 0 spiro atoms. The van der Waals surface area contributed by atoms with Crippen molar-refractivity contribution < 1.29 is 14.3 Å². The van der Waals surface area contributed by atoms with Crippen LogP contribution in [0, 0.1) is 11.8 Å². The molecule has 4 nitrogen and oxygen atoms in total. The van der Waals surface area contributed by atoms with Gasteiger partial charge < -0.3 is 15.2 Å². The highest BCUT2D eigenvalue weighted by molar-refractivity contribution is 5.69. The van der Waals surface area contributed by atoms with Gasteiger partial charge in [0.2, 0.25) is 0 Å². The summed E-state index contributed by atoms with van der Waals surface area (Å²) in [4.78, 5) is 11.5. The molecule has 94 valence electrons. The lowest BCUT2D eigenvalue weighted by atomic mass is 10.0. The quantitative estimate of drug-likeness (QED) is 0.698. The minimum atomic E-state index is -0.108. The SMILES string of the molecule is CCC(CN)CC(=O)OCC1CCOCC1. The van der Waals surface area contributed by atoms with Crippen LogP contribution in [0.4, 0.5) is 0 Å². The lowest BCUT2D eigenvalue weighted by Crippen LogP contribution is -2.24. The monoisotopic (exact) mass is 229 g/mol. The normalized spacial score (nSPS) is 19.4. The first kappa shape index (κ1) is 13.5. The van der Waals surface area contributed by atoms with Crippen molar-refractivity contribution in [1.82, 2.24) is 0 Å². The molecule has 4 heteroatoms. The zero-order valence-electron chi connectivity index (χ0n) is 10.1. The molecule has 1 rings (SSSR count). The third kappa shape index (κ3) is 4.94. The van der Waals surface area contributed by atoms with Gasteiger partial charge in [0, 0.05) is 19.6 Å². The van der Waals surface area contributed by atoms with Gasteiger partial charge in [0.1, 0.15) is 0 Å². The van der Waals surface area contributed by atoms with Gasteiger partial charge in [-0.3, -0.25) is 4.79 Å². The zero-order valence-corrected chi connectivity index (χ0v) is 10.1. The van der Waals surface area contributed by atoms with E-state index in [0.717, 1.165) is 32.5 Å². The number of hydrogen-bond donors (Lipinski definition) is 1. The average molecular weight is 229 g/mol. The summed E-state index contributed by atoms with van der Waals surface area (Å²) in [5, 5.41) is 0. The second-order valence-corrected chi connectivity index (χ2v) is 4.45. The van der Waals surface area contributed by atoms with Crippen LogP contribution < -0.4 is 5.73 Å². The van der Waals surface area contributed by atoms with Crippen molar-refractivity contribution in [3.8, 4) is 0 Å². The molecule has 2 N–H and O–H groups in total. The lowest BCUT2D eigenvalue weighted by Gasteiger charge is -2.22. The molecule has 0 aliphatic carbocycles. The molecule has 0 radical (unpaired) electrons. The molecule has 0 saturated carbocycles. The first-order chi connectivity index (χ1) is 7.76. The standard InChI is InChI=1S/C12H23NO3/c1-2-10(8-13)7-12(14)16-9-11-3-5-15-6-4-11/h10-11H,2-9,13H2,1H3. The molecular formula is C12H23NO3. The van der Waals surface area contributed by atoms with Gasteiger partial charge in [0.25, 0.3) is 0 Å². The van der Waals surface area contributed by atoms with Crippen molar-refractivity contribution >= 4 is 5.97 Å². The van der Waals surface area contributed by atoms with Crippen LogP contribution in [0.1, 0.15) is 32.6 Å². The highest BCUT2D eigenvalue weighted by atomic mass is 16.5. The maximum absolute atomic E-state index is 11.5. The van der Waals surface area contributed by atoms with Gasteiger partial charge in [-0.05, 0) is 31.2 Å². The second kappa shape index (κ2) is 7.63. The second-order valence-electron chi connectivity index (χ2n) is 4.45. The first-order valence-corrected chi connectivity index (χ1v) is 6.19. The van der Waals surface area contributed by atoms with E-state index >= 15 is 0 Å². The largest absolute Gasteiger partial charge is 0.465 e. The van der Waals surface area contributed by atoms with Crippen LogP contribution in [0.25, 0.3) is 0 Å². The third-order valence-electron chi connectivity index (χ3n) is 3.19. The Morgan fingerprint density at radius 1 is 1.50 bits per heavy atom. The van der Waals surface area contributed by atoms with Crippen molar-refractivity contribution in [3.05, 3.63) is 0 Å². The van der Waals surface area contributed by atoms with Crippen LogP contribution in [0.15, 0.2) is 0 Å². The summed E-state index contributed by atoms with van der Waals surface area (Å²) >= 11 is 0. The van der Waals surface area contributed by atoms with Gasteiger partial charge in [-0.1, -0.05) is 13.3 Å². The van der Waals surface area contributed by atoms with Crippen molar-refractivity contribution in [1.29, 1.82) is 0 Å². The average Bonchev–Trinajstić information content (AvgIpc) is 2.34. The molecule has 16 heavy (non-hydrogen) atoms. The third-order valence-corrected chi connectivity index (χ3v) is 3.19. The Morgan fingerprint density at radius 3 is 2.75 bits per heavy atom. The number of hydrogen-bond acceptors (Lipinski definition) is 4. The number of carbonyl (C=O) groups is 1. The van der Waals surface area contributed by atoms with Crippen molar-refractivity contribution in [3.63, 3.8) is 0 Å². The molecule has 1 fully saturated rings. The Balaban J connectivity index is 2.13. The van der Waals surface area contributed by atoms with Crippen LogP contribution in [0.5, 0.6) is 0 Å². The van der Waals surface area contributed by atoms with Crippen LogP contribution in [-0.2, 0) is 14.3 Å². The summed E-state index contributed by atoms with van der Waals surface area (Å²) in [7, 11) is 0. The first-order valence-electron chi connectivity index (χ1n) is 6.19.